The van der Waals surface area contributed by atoms with Gasteiger partial charge >= 0.3 is 0 Å². The average molecular weight is 262 g/mol. The van der Waals surface area contributed by atoms with Crippen molar-refractivity contribution in [1.82, 2.24) is 0 Å². The Kier molecular flexibility index (Phi) is 4.10. The van der Waals surface area contributed by atoms with Gasteiger partial charge in [-0.25, -0.2) is 0 Å². The molecule has 0 aromatic heterocycles. The lowest BCUT2D eigenvalue weighted by Gasteiger charge is -2.34. The second kappa shape index (κ2) is 5.61. The first-order valence-electron chi connectivity index (χ1n) is 6.72. The summed E-state index contributed by atoms with van der Waals surface area (Å²) in [6.07, 6.45) is 2.14. The zero-order valence-electron chi connectivity index (χ0n) is 11.7. The molecule has 0 bridgehead atoms. The van der Waals surface area contributed by atoms with Crippen LogP contribution in [0.5, 0.6) is 0 Å². The normalized spacial score (nSPS) is 18.0. The van der Waals surface area contributed by atoms with Crippen LogP contribution in [0.3, 0.4) is 0 Å². The minimum absolute atomic E-state index is 0.000408. The summed E-state index contributed by atoms with van der Waals surface area (Å²) in [7, 11) is 0. The second-order valence-electron chi connectivity index (χ2n) is 5.63. The van der Waals surface area contributed by atoms with Crippen molar-refractivity contribution in [3.8, 4) is 0 Å². The monoisotopic (exact) mass is 262 g/mol. The van der Waals surface area contributed by atoms with Crippen LogP contribution in [0.4, 0.5) is 11.4 Å². The standard InChI is InChI=1S/C15H22N2O2/c1-11(18)13-4-3-12(9-14(13)16)17-10-15(2)5-7-19-8-6-15/h3-4,9,17H,5-8,10,16H2,1-2H3. The molecule has 0 radical (unpaired) electrons. The van der Waals surface area contributed by atoms with Gasteiger partial charge < -0.3 is 15.8 Å². The SMILES string of the molecule is CC(=O)c1ccc(NCC2(C)CCOCC2)cc1N. The molecule has 1 heterocycles. The molecule has 1 saturated heterocycles. The van der Waals surface area contributed by atoms with Crippen LogP contribution in [0.15, 0.2) is 18.2 Å². The van der Waals surface area contributed by atoms with Gasteiger partial charge in [-0.3, -0.25) is 4.79 Å². The van der Waals surface area contributed by atoms with E-state index in [2.05, 4.69) is 12.2 Å². The molecule has 1 aliphatic rings. The number of hydrogen-bond acceptors (Lipinski definition) is 4. The van der Waals surface area contributed by atoms with Crippen LogP contribution in [0.1, 0.15) is 37.0 Å². The number of ether oxygens (including phenoxy) is 1. The smallest absolute Gasteiger partial charge is 0.161 e. The Morgan fingerprint density at radius 2 is 2.11 bits per heavy atom. The van der Waals surface area contributed by atoms with Crippen LogP contribution in [-0.2, 0) is 4.74 Å². The van der Waals surface area contributed by atoms with E-state index >= 15 is 0 Å². The summed E-state index contributed by atoms with van der Waals surface area (Å²) >= 11 is 0. The van der Waals surface area contributed by atoms with E-state index in [0.717, 1.165) is 38.3 Å². The third kappa shape index (κ3) is 3.47. The first-order chi connectivity index (χ1) is 9.00. The van der Waals surface area contributed by atoms with Crippen molar-refractivity contribution in [3.63, 3.8) is 0 Å². The molecule has 0 amide bonds. The summed E-state index contributed by atoms with van der Waals surface area (Å²) in [6.45, 7) is 6.38. The van der Waals surface area contributed by atoms with Crippen molar-refractivity contribution in [1.29, 1.82) is 0 Å². The van der Waals surface area contributed by atoms with Crippen LogP contribution in [0, 0.1) is 5.41 Å². The van der Waals surface area contributed by atoms with Crippen molar-refractivity contribution >= 4 is 17.2 Å². The molecule has 4 nitrogen and oxygen atoms in total. The van der Waals surface area contributed by atoms with E-state index in [1.807, 2.05) is 12.1 Å². The molecule has 0 saturated carbocycles. The molecule has 104 valence electrons. The average Bonchev–Trinajstić information content (AvgIpc) is 2.37. The Hall–Kier alpha value is -1.55. The van der Waals surface area contributed by atoms with Gasteiger partial charge in [0.15, 0.2) is 5.78 Å². The van der Waals surface area contributed by atoms with Gasteiger partial charge in [-0.1, -0.05) is 6.92 Å². The molecule has 19 heavy (non-hydrogen) atoms. The molecule has 3 N–H and O–H groups in total. The summed E-state index contributed by atoms with van der Waals surface area (Å²) in [5, 5.41) is 3.41. The maximum absolute atomic E-state index is 11.3. The van der Waals surface area contributed by atoms with Crippen molar-refractivity contribution in [2.24, 2.45) is 5.41 Å². The Morgan fingerprint density at radius 1 is 1.42 bits per heavy atom. The molecule has 0 spiro atoms. The van der Waals surface area contributed by atoms with Crippen LogP contribution in [0.2, 0.25) is 0 Å². The lowest BCUT2D eigenvalue weighted by atomic mass is 9.82. The van der Waals surface area contributed by atoms with E-state index in [4.69, 9.17) is 10.5 Å². The Bertz CT molecular complexity index is 465. The number of nitrogen functional groups attached to an aromatic ring is 1. The van der Waals surface area contributed by atoms with E-state index in [1.54, 1.807) is 6.07 Å². The fourth-order valence-corrected chi connectivity index (χ4v) is 2.35. The Balaban J connectivity index is 2.00. The van der Waals surface area contributed by atoms with E-state index in [0.29, 0.717) is 11.3 Å². The maximum atomic E-state index is 11.3. The predicted molar refractivity (Wildman–Crippen MR) is 77.5 cm³/mol. The summed E-state index contributed by atoms with van der Waals surface area (Å²) in [5.41, 5.74) is 8.24. The molecule has 0 atom stereocenters. The quantitative estimate of drug-likeness (QED) is 0.647. The highest BCUT2D eigenvalue weighted by molar-refractivity contribution is 5.99. The number of carbonyl (C=O) groups excluding carboxylic acids is 1. The lowest BCUT2D eigenvalue weighted by molar-refractivity contribution is 0.0300. The number of carbonyl (C=O) groups is 1. The number of Topliss-reactive ketones (excluding diaryl/α,β-unsaturated/α-hetero) is 1. The number of nitrogens with one attached hydrogen (secondary N) is 1. The van der Waals surface area contributed by atoms with Crippen molar-refractivity contribution in [2.75, 3.05) is 30.8 Å². The summed E-state index contributed by atoms with van der Waals surface area (Å²) < 4.78 is 5.39. The fourth-order valence-electron chi connectivity index (χ4n) is 2.35. The first-order valence-corrected chi connectivity index (χ1v) is 6.72. The van der Waals surface area contributed by atoms with Gasteiger partial charge in [0.25, 0.3) is 0 Å². The lowest BCUT2D eigenvalue weighted by Crippen LogP contribution is -2.33. The molecular formula is C15H22N2O2. The van der Waals surface area contributed by atoms with Gasteiger partial charge in [-0.15, -0.1) is 0 Å². The van der Waals surface area contributed by atoms with Gasteiger partial charge in [0.2, 0.25) is 0 Å². The fraction of sp³-hybridized carbons (Fsp3) is 0.533. The van der Waals surface area contributed by atoms with Gasteiger partial charge in [-0.05, 0) is 43.4 Å². The number of ketones is 1. The van der Waals surface area contributed by atoms with Crippen molar-refractivity contribution in [2.45, 2.75) is 26.7 Å². The topological polar surface area (TPSA) is 64.3 Å². The first kappa shape index (κ1) is 13.9. The third-order valence-corrected chi connectivity index (χ3v) is 3.85. The zero-order valence-corrected chi connectivity index (χ0v) is 11.7. The minimum Gasteiger partial charge on any atom is -0.398 e. The Morgan fingerprint density at radius 3 is 2.68 bits per heavy atom. The molecule has 1 aromatic rings. The number of rotatable bonds is 4. The van der Waals surface area contributed by atoms with Crippen molar-refractivity contribution < 1.29 is 9.53 Å². The van der Waals surface area contributed by atoms with Crippen molar-refractivity contribution in [3.05, 3.63) is 23.8 Å². The highest BCUT2D eigenvalue weighted by Gasteiger charge is 2.26. The number of anilines is 2. The van der Waals surface area contributed by atoms with Gasteiger partial charge in [-0.2, -0.15) is 0 Å². The van der Waals surface area contributed by atoms with E-state index in [-0.39, 0.29) is 11.2 Å². The van der Waals surface area contributed by atoms with E-state index in [1.165, 1.54) is 6.92 Å². The summed E-state index contributed by atoms with van der Waals surface area (Å²) in [4.78, 5) is 11.3. The van der Waals surface area contributed by atoms with Crippen LogP contribution < -0.4 is 11.1 Å². The molecule has 0 aliphatic carbocycles. The van der Waals surface area contributed by atoms with Crippen LogP contribution >= 0.6 is 0 Å². The molecule has 2 rings (SSSR count). The highest BCUT2D eigenvalue weighted by Crippen LogP contribution is 2.30. The zero-order chi connectivity index (χ0) is 13.9. The maximum Gasteiger partial charge on any atom is 0.161 e. The molecular weight excluding hydrogens is 240 g/mol. The predicted octanol–water partition coefficient (Wildman–Crippen LogP) is 2.70. The summed E-state index contributed by atoms with van der Waals surface area (Å²) in [6, 6.07) is 5.53. The molecule has 0 unspecified atom stereocenters. The van der Waals surface area contributed by atoms with Crippen LogP contribution in [-0.4, -0.2) is 25.5 Å². The summed E-state index contributed by atoms with van der Waals surface area (Å²) in [5.74, 6) is 0.000408. The van der Waals surface area contributed by atoms with Gasteiger partial charge in [0.1, 0.15) is 0 Å². The number of hydrogen-bond donors (Lipinski definition) is 2. The number of benzene rings is 1. The minimum atomic E-state index is 0.000408. The van der Waals surface area contributed by atoms with Gasteiger partial charge in [0, 0.05) is 36.7 Å². The molecule has 4 heteroatoms. The number of nitrogens with two attached hydrogens (primary N) is 1. The molecule has 1 aliphatic heterocycles. The molecule has 1 fully saturated rings. The Labute approximate surface area is 114 Å². The second-order valence-corrected chi connectivity index (χ2v) is 5.63. The van der Waals surface area contributed by atoms with Crippen LogP contribution in [0.25, 0.3) is 0 Å². The molecule has 1 aromatic carbocycles. The third-order valence-electron chi connectivity index (χ3n) is 3.85. The van der Waals surface area contributed by atoms with Gasteiger partial charge in [0.05, 0.1) is 0 Å². The van der Waals surface area contributed by atoms with E-state index < -0.39 is 0 Å². The van der Waals surface area contributed by atoms with E-state index in [9.17, 15) is 4.79 Å². The largest absolute Gasteiger partial charge is 0.398 e. The highest BCUT2D eigenvalue weighted by atomic mass is 16.5.